The number of nitrogens with zero attached hydrogens (tertiary/aromatic N) is 1. The zero-order valence-corrected chi connectivity index (χ0v) is 9.81. The molecule has 0 radical (unpaired) electrons. The second kappa shape index (κ2) is 4.40. The Kier molecular flexibility index (Phi) is 3.15. The average Bonchev–Trinajstić information content (AvgIpc) is 2.23. The van der Waals surface area contributed by atoms with Gasteiger partial charge in [0, 0.05) is 11.8 Å². The molecule has 1 nitrogen and oxygen atoms in total. The van der Waals surface area contributed by atoms with E-state index >= 15 is 0 Å². The summed E-state index contributed by atoms with van der Waals surface area (Å²) >= 11 is 17.7. The predicted octanol–water partition coefficient (Wildman–Crippen LogP) is 4.71. The molecule has 4 heteroatoms. The molecule has 1 aromatic heterocycles. The summed E-state index contributed by atoms with van der Waals surface area (Å²) in [6.07, 6.45) is 1.64. The lowest BCUT2D eigenvalue weighted by Crippen LogP contribution is -1.82. The number of halogens is 3. The Hall–Kier alpha value is -0.760. The van der Waals surface area contributed by atoms with Crippen LogP contribution in [-0.4, -0.2) is 4.98 Å². The molecule has 0 aliphatic heterocycles. The highest BCUT2D eigenvalue weighted by Crippen LogP contribution is 2.31. The lowest BCUT2D eigenvalue weighted by molar-refractivity contribution is 1.33. The molecule has 0 unspecified atom stereocenters. The van der Waals surface area contributed by atoms with Crippen LogP contribution in [-0.2, 0) is 0 Å². The first-order valence-corrected chi connectivity index (χ1v) is 5.38. The van der Waals surface area contributed by atoms with E-state index in [9.17, 15) is 0 Å². The maximum absolute atomic E-state index is 5.96. The summed E-state index contributed by atoms with van der Waals surface area (Å²) < 4.78 is 0. The van der Waals surface area contributed by atoms with Crippen molar-refractivity contribution in [3.8, 4) is 11.1 Å². The average molecular weight is 259 g/mol. The maximum atomic E-state index is 5.96. The molecule has 15 heavy (non-hydrogen) atoms. The molecule has 1 heterocycles. The van der Waals surface area contributed by atoms with Gasteiger partial charge in [-0.25, -0.2) is 4.98 Å². The van der Waals surface area contributed by atoms with Crippen molar-refractivity contribution >= 4 is 34.8 Å². The summed E-state index contributed by atoms with van der Waals surface area (Å²) in [6.45, 7) is 0. The molecule has 0 aliphatic rings. The van der Waals surface area contributed by atoms with Crippen molar-refractivity contribution < 1.29 is 0 Å². The van der Waals surface area contributed by atoms with Crippen LogP contribution in [0.1, 0.15) is 0 Å². The summed E-state index contributed by atoms with van der Waals surface area (Å²) in [5.41, 5.74) is 1.75. The van der Waals surface area contributed by atoms with Gasteiger partial charge >= 0.3 is 0 Å². The van der Waals surface area contributed by atoms with Crippen molar-refractivity contribution in [1.29, 1.82) is 0 Å². The van der Waals surface area contributed by atoms with Crippen LogP contribution in [0.5, 0.6) is 0 Å². The summed E-state index contributed by atoms with van der Waals surface area (Å²) in [6, 6.07) is 9.07. The first-order chi connectivity index (χ1) is 7.18. The number of rotatable bonds is 1. The largest absolute Gasteiger partial charge is 0.244 e. The number of hydrogen-bond acceptors (Lipinski definition) is 1. The third kappa shape index (κ3) is 2.25. The second-order valence-electron chi connectivity index (χ2n) is 2.97. The first kappa shape index (κ1) is 10.7. The molecule has 0 atom stereocenters. The summed E-state index contributed by atoms with van der Waals surface area (Å²) in [5, 5.41) is 1.49. The lowest BCUT2D eigenvalue weighted by Gasteiger charge is -2.04. The molecule has 0 saturated heterocycles. The minimum Gasteiger partial charge on any atom is -0.244 e. The molecule has 0 fully saturated rings. The van der Waals surface area contributed by atoms with Gasteiger partial charge in [-0.3, -0.25) is 0 Å². The molecule has 0 saturated carbocycles. The Morgan fingerprint density at radius 1 is 0.933 bits per heavy atom. The molecule has 0 bridgehead atoms. The highest BCUT2D eigenvalue weighted by atomic mass is 35.5. The van der Waals surface area contributed by atoms with Gasteiger partial charge in [-0.2, -0.15) is 0 Å². The molecule has 0 spiro atoms. The van der Waals surface area contributed by atoms with Crippen molar-refractivity contribution in [1.82, 2.24) is 4.98 Å². The molecule has 0 aliphatic carbocycles. The Balaban J connectivity index is 2.55. The van der Waals surface area contributed by atoms with Crippen LogP contribution in [0.2, 0.25) is 15.2 Å². The second-order valence-corrected chi connectivity index (χ2v) is 4.14. The highest BCUT2D eigenvalue weighted by molar-refractivity contribution is 6.42. The van der Waals surface area contributed by atoms with Crippen LogP contribution in [0.15, 0.2) is 36.5 Å². The molecule has 76 valence electrons. The van der Waals surface area contributed by atoms with Crippen LogP contribution in [0.4, 0.5) is 0 Å². The molecule has 2 aromatic rings. The minimum absolute atomic E-state index is 0.455. The minimum atomic E-state index is 0.455. The zero-order valence-electron chi connectivity index (χ0n) is 7.55. The number of pyridine rings is 1. The van der Waals surface area contributed by atoms with Gasteiger partial charge in [0.25, 0.3) is 0 Å². The van der Waals surface area contributed by atoms with Crippen molar-refractivity contribution in [3.63, 3.8) is 0 Å². The van der Waals surface area contributed by atoms with Gasteiger partial charge in [0.15, 0.2) is 0 Å². The van der Waals surface area contributed by atoms with E-state index in [1.54, 1.807) is 18.3 Å². The summed E-state index contributed by atoms with van der Waals surface area (Å²) in [4.78, 5) is 4.00. The number of aromatic nitrogens is 1. The summed E-state index contributed by atoms with van der Waals surface area (Å²) in [7, 11) is 0. The van der Waals surface area contributed by atoms with E-state index in [4.69, 9.17) is 34.8 Å². The van der Waals surface area contributed by atoms with E-state index in [2.05, 4.69) is 4.98 Å². The lowest BCUT2D eigenvalue weighted by atomic mass is 10.1. The van der Waals surface area contributed by atoms with Crippen molar-refractivity contribution in [3.05, 3.63) is 51.7 Å². The molecule has 0 amide bonds. The van der Waals surface area contributed by atoms with Crippen LogP contribution in [0.25, 0.3) is 11.1 Å². The van der Waals surface area contributed by atoms with E-state index < -0.39 is 0 Å². The van der Waals surface area contributed by atoms with Crippen LogP contribution in [0, 0.1) is 0 Å². The quantitative estimate of drug-likeness (QED) is 0.675. The van der Waals surface area contributed by atoms with E-state index in [1.807, 2.05) is 18.2 Å². The van der Waals surface area contributed by atoms with Gasteiger partial charge in [0.05, 0.1) is 10.0 Å². The van der Waals surface area contributed by atoms with Gasteiger partial charge in [0.1, 0.15) is 5.15 Å². The van der Waals surface area contributed by atoms with Gasteiger partial charge in [-0.1, -0.05) is 40.9 Å². The Morgan fingerprint density at radius 2 is 1.73 bits per heavy atom. The van der Waals surface area contributed by atoms with E-state index in [0.29, 0.717) is 15.2 Å². The van der Waals surface area contributed by atoms with E-state index in [0.717, 1.165) is 11.1 Å². The number of hydrogen-bond donors (Lipinski definition) is 0. The normalized spacial score (nSPS) is 10.3. The Labute approximate surface area is 103 Å². The standard InChI is InChI=1S/C11H6Cl3N/c12-9-4-3-7(6-10(9)13)8-2-1-5-15-11(8)14/h1-6H. The smallest absolute Gasteiger partial charge is 0.136 e. The predicted molar refractivity (Wildman–Crippen MR) is 64.7 cm³/mol. The molecular weight excluding hydrogens is 252 g/mol. The van der Waals surface area contributed by atoms with Crippen molar-refractivity contribution in [2.24, 2.45) is 0 Å². The van der Waals surface area contributed by atoms with Gasteiger partial charge < -0.3 is 0 Å². The fourth-order valence-corrected chi connectivity index (χ4v) is 1.79. The fraction of sp³-hybridized carbons (Fsp3) is 0. The maximum Gasteiger partial charge on any atom is 0.136 e. The Bertz CT molecular complexity index is 497. The highest BCUT2D eigenvalue weighted by Gasteiger charge is 2.05. The molecule has 1 aromatic carbocycles. The number of benzene rings is 1. The molecular formula is C11H6Cl3N. The monoisotopic (exact) mass is 257 g/mol. The third-order valence-corrected chi connectivity index (χ3v) is 3.03. The topological polar surface area (TPSA) is 12.9 Å². The SMILES string of the molecule is Clc1ccc(-c2cccnc2Cl)cc1Cl. The zero-order chi connectivity index (χ0) is 10.8. The van der Waals surface area contributed by atoms with Gasteiger partial charge in [-0.05, 0) is 29.8 Å². The van der Waals surface area contributed by atoms with Crippen LogP contribution >= 0.6 is 34.8 Å². The van der Waals surface area contributed by atoms with Gasteiger partial charge in [-0.15, -0.1) is 0 Å². The van der Waals surface area contributed by atoms with Crippen LogP contribution in [0.3, 0.4) is 0 Å². The van der Waals surface area contributed by atoms with Crippen molar-refractivity contribution in [2.75, 3.05) is 0 Å². The van der Waals surface area contributed by atoms with E-state index in [-0.39, 0.29) is 0 Å². The first-order valence-electron chi connectivity index (χ1n) is 4.24. The summed E-state index contributed by atoms with van der Waals surface area (Å²) in [5.74, 6) is 0. The van der Waals surface area contributed by atoms with Gasteiger partial charge in [0.2, 0.25) is 0 Å². The van der Waals surface area contributed by atoms with Crippen molar-refractivity contribution in [2.45, 2.75) is 0 Å². The third-order valence-electron chi connectivity index (χ3n) is 1.99. The molecule has 0 N–H and O–H groups in total. The van der Waals surface area contributed by atoms with Crippen LogP contribution < -0.4 is 0 Å². The fourth-order valence-electron chi connectivity index (χ4n) is 1.27. The molecule has 2 rings (SSSR count). The Morgan fingerprint density at radius 3 is 2.40 bits per heavy atom. The van der Waals surface area contributed by atoms with E-state index in [1.165, 1.54) is 0 Å².